The van der Waals surface area contributed by atoms with Gasteiger partial charge in [0.15, 0.2) is 5.82 Å². The zero-order valence-corrected chi connectivity index (χ0v) is 20.6. The Labute approximate surface area is 204 Å². The molecule has 1 aliphatic heterocycles. The molecule has 0 N–H and O–H groups in total. The molecule has 3 aromatic rings. The van der Waals surface area contributed by atoms with Gasteiger partial charge in [-0.2, -0.15) is 10.1 Å². The molecule has 2 heterocycles. The first-order chi connectivity index (χ1) is 16.5. The normalized spacial score (nSPS) is 14.9. The molecule has 5 rings (SSSR count). The number of rotatable bonds is 4. The van der Waals surface area contributed by atoms with Crippen molar-refractivity contribution >= 4 is 34.4 Å². The van der Waals surface area contributed by atoms with Crippen LogP contribution in [0, 0.1) is 6.92 Å². The van der Waals surface area contributed by atoms with E-state index >= 15 is 0 Å². The number of imidazole rings is 1. The van der Waals surface area contributed by atoms with Crippen molar-refractivity contribution < 1.29 is 9.59 Å². The highest BCUT2D eigenvalue weighted by atomic mass is 32.2. The van der Waals surface area contributed by atoms with Crippen LogP contribution < -0.4 is 5.01 Å². The van der Waals surface area contributed by atoms with Crippen molar-refractivity contribution in [1.29, 1.82) is 0 Å². The van der Waals surface area contributed by atoms with E-state index in [0.29, 0.717) is 34.6 Å². The van der Waals surface area contributed by atoms with Gasteiger partial charge in [-0.15, -0.1) is 0 Å². The summed E-state index contributed by atoms with van der Waals surface area (Å²) in [5.74, 6) is 0.754. The Morgan fingerprint density at radius 3 is 2.29 bits per heavy atom. The molecule has 1 aromatic heterocycles. The van der Waals surface area contributed by atoms with Crippen molar-refractivity contribution in [2.75, 3.05) is 5.01 Å². The number of thioether (sulfide) groups is 1. The first-order valence-corrected chi connectivity index (χ1v) is 12.8. The largest absolute Gasteiger partial charge is 0.274 e. The van der Waals surface area contributed by atoms with Crippen molar-refractivity contribution in [3.63, 3.8) is 0 Å². The second-order valence-corrected chi connectivity index (χ2v) is 9.75. The maximum absolute atomic E-state index is 13.2. The Morgan fingerprint density at radius 2 is 1.59 bits per heavy atom. The Bertz CT molecular complexity index is 1310. The highest BCUT2D eigenvalue weighted by Crippen LogP contribution is 2.41. The van der Waals surface area contributed by atoms with E-state index < -0.39 is 0 Å². The molecular weight excluding hydrogens is 444 g/mol. The van der Waals surface area contributed by atoms with Crippen LogP contribution in [-0.4, -0.2) is 26.4 Å². The van der Waals surface area contributed by atoms with Crippen LogP contribution in [0.15, 0.2) is 52.6 Å². The molecule has 7 heteroatoms. The van der Waals surface area contributed by atoms with Gasteiger partial charge in [0.25, 0.3) is 0 Å². The fourth-order valence-electron chi connectivity index (χ4n) is 4.47. The minimum Gasteiger partial charge on any atom is -0.274 e. The smallest absolute Gasteiger partial charge is 0.248 e. The monoisotopic (exact) mass is 472 g/mol. The fraction of sp³-hybridized carbons (Fsp3) is 0.333. The summed E-state index contributed by atoms with van der Waals surface area (Å²) in [5, 5.41) is 7.48. The predicted octanol–water partition coefficient (Wildman–Crippen LogP) is 6.00. The van der Waals surface area contributed by atoms with E-state index in [9.17, 15) is 9.59 Å². The summed E-state index contributed by atoms with van der Waals surface area (Å²) in [6.45, 7) is 5.68. The third-order valence-corrected chi connectivity index (χ3v) is 7.47. The third-order valence-electron chi connectivity index (χ3n) is 6.40. The highest BCUT2D eigenvalue weighted by Gasteiger charge is 2.34. The van der Waals surface area contributed by atoms with Gasteiger partial charge in [0.1, 0.15) is 15.9 Å². The molecule has 0 bridgehead atoms. The lowest BCUT2D eigenvalue weighted by atomic mass is 9.90. The van der Waals surface area contributed by atoms with Gasteiger partial charge in [-0.3, -0.25) is 14.2 Å². The number of aromatic nitrogens is 2. The molecule has 0 radical (unpaired) electrons. The van der Waals surface area contributed by atoms with Gasteiger partial charge < -0.3 is 0 Å². The van der Waals surface area contributed by atoms with Gasteiger partial charge in [-0.05, 0) is 61.6 Å². The average Bonchev–Trinajstić information content (AvgIpc) is 3.26. The van der Waals surface area contributed by atoms with E-state index in [1.54, 1.807) is 4.57 Å². The summed E-state index contributed by atoms with van der Waals surface area (Å²) in [5.41, 5.74) is 5.68. The average molecular weight is 473 g/mol. The number of hydrazone groups is 1. The molecule has 2 aliphatic rings. The first-order valence-electron chi connectivity index (χ1n) is 11.9. The number of amides is 1. The molecule has 1 aliphatic carbocycles. The number of hydrogen-bond acceptors (Lipinski definition) is 5. The number of carbonyl (C=O) groups is 2. The van der Waals surface area contributed by atoms with E-state index in [0.717, 1.165) is 29.5 Å². The Kier molecular flexibility index (Phi) is 6.13. The standard InChI is InChI=1S/C27H28N4O2S/c1-4-22(32)30-24(19-12-10-17(3)11-13-19)28-25-27(30)34-26(29-31(25)23(33)5-2)21-15-14-18-8-6-7-9-20(18)16-21/h10-16H,4-9H2,1-3H3. The summed E-state index contributed by atoms with van der Waals surface area (Å²) in [6.07, 6.45) is 5.21. The molecule has 6 nitrogen and oxygen atoms in total. The summed E-state index contributed by atoms with van der Waals surface area (Å²) < 4.78 is 1.66. The van der Waals surface area contributed by atoms with E-state index in [-0.39, 0.29) is 11.8 Å². The molecule has 0 atom stereocenters. The number of carbonyl (C=O) groups excluding carboxylic acids is 2. The molecule has 0 unspecified atom stereocenters. The lowest BCUT2D eigenvalue weighted by Crippen LogP contribution is -2.29. The van der Waals surface area contributed by atoms with Gasteiger partial charge in [0.2, 0.25) is 11.8 Å². The Balaban J connectivity index is 1.66. The SMILES string of the molecule is CCC(=O)N1N=C(c2ccc3c(c2)CCCC3)Sc2c1nc(-c1ccc(C)cc1)n2C(=O)CC. The molecule has 0 saturated carbocycles. The van der Waals surface area contributed by atoms with Crippen LogP contribution in [0.2, 0.25) is 0 Å². The number of hydrogen-bond donors (Lipinski definition) is 0. The number of benzene rings is 2. The summed E-state index contributed by atoms with van der Waals surface area (Å²) in [7, 11) is 0. The van der Waals surface area contributed by atoms with Gasteiger partial charge >= 0.3 is 0 Å². The van der Waals surface area contributed by atoms with Gasteiger partial charge in [0, 0.05) is 24.0 Å². The maximum atomic E-state index is 13.2. The topological polar surface area (TPSA) is 67.6 Å². The third kappa shape index (κ3) is 3.98. The van der Waals surface area contributed by atoms with E-state index in [2.05, 4.69) is 18.2 Å². The molecule has 0 saturated heterocycles. The number of nitrogens with zero attached hydrogens (tertiary/aromatic N) is 4. The zero-order chi connectivity index (χ0) is 23.8. The molecular formula is C27H28N4O2S. The van der Waals surface area contributed by atoms with Crippen molar-refractivity contribution in [3.05, 3.63) is 64.7 Å². The molecule has 0 spiro atoms. The Hall–Kier alpha value is -3.19. The maximum Gasteiger partial charge on any atom is 0.248 e. The Morgan fingerprint density at radius 1 is 0.912 bits per heavy atom. The first kappa shape index (κ1) is 22.6. The minimum absolute atomic E-state index is 0.0626. The van der Waals surface area contributed by atoms with Crippen molar-refractivity contribution in [1.82, 2.24) is 9.55 Å². The van der Waals surface area contributed by atoms with Crippen molar-refractivity contribution in [2.24, 2.45) is 5.10 Å². The molecule has 1 amide bonds. The second kappa shape index (κ2) is 9.22. The van der Waals surface area contributed by atoms with Crippen LogP contribution in [0.25, 0.3) is 11.4 Å². The zero-order valence-electron chi connectivity index (χ0n) is 19.8. The molecule has 2 aromatic carbocycles. The molecule has 34 heavy (non-hydrogen) atoms. The summed E-state index contributed by atoms with van der Waals surface area (Å²) in [4.78, 5) is 30.9. The van der Waals surface area contributed by atoms with Crippen LogP contribution >= 0.6 is 11.8 Å². The molecule has 0 fully saturated rings. The molecule has 174 valence electrons. The van der Waals surface area contributed by atoms with E-state index in [4.69, 9.17) is 10.1 Å². The van der Waals surface area contributed by atoms with Crippen molar-refractivity contribution in [2.45, 2.75) is 64.3 Å². The van der Waals surface area contributed by atoms with Crippen LogP contribution in [0.4, 0.5) is 5.82 Å². The quantitative estimate of drug-likeness (QED) is 0.467. The predicted molar refractivity (Wildman–Crippen MR) is 137 cm³/mol. The van der Waals surface area contributed by atoms with E-state index in [1.807, 2.05) is 45.0 Å². The van der Waals surface area contributed by atoms with Crippen LogP contribution in [0.5, 0.6) is 0 Å². The second-order valence-electron chi connectivity index (χ2n) is 8.77. The van der Waals surface area contributed by atoms with Crippen molar-refractivity contribution in [3.8, 4) is 11.4 Å². The van der Waals surface area contributed by atoms with Gasteiger partial charge in [-0.25, -0.2) is 4.98 Å². The number of fused-ring (bicyclic) bond motifs is 2. The lowest BCUT2D eigenvalue weighted by Gasteiger charge is -2.23. The van der Waals surface area contributed by atoms with Crippen LogP contribution in [-0.2, 0) is 17.6 Å². The number of aryl methyl sites for hydroxylation is 3. The van der Waals surface area contributed by atoms with Crippen LogP contribution in [0.3, 0.4) is 0 Å². The lowest BCUT2D eigenvalue weighted by molar-refractivity contribution is -0.118. The van der Waals surface area contributed by atoms with E-state index in [1.165, 1.54) is 40.7 Å². The summed E-state index contributed by atoms with van der Waals surface area (Å²) >= 11 is 1.42. The number of anilines is 1. The fourth-order valence-corrected chi connectivity index (χ4v) is 5.52. The highest BCUT2D eigenvalue weighted by molar-refractivity contribution is 8.14. The van der Waals surface area contributed by atoms with Crippen LogP contribution in [0.1, 0.15) is 66.6 Å². The van der Waals surface area contributed by atoms with Gasteiger partial charge in [-0.1, -0.05) is 55.8 Å². The minimum atomic E-state index is -0.152. The van der Waals surface area contributed by atoms with Gasteiger partial charge in [0.05, 0.1) is 0 Å². The summed E-state index contributed by atoms with van der Waals surface area (Å²) in [6, 6.07) is 14.4.